The van der Waals surface area contributed by atoms with Gasteiger partial charge in [0, 0.05) is 18.8 Å². The minimum atomic E-state index is 0.0192. The van der Waals surface area contributed by atoms with Crippen LogP contribution in [0.15, 0.2) is 24.3 Å². The summed E-state index contributed by atoms with van der Waals surface area (Å²) < 4.78 is 0. The number of carbonyl (C=O) groups is 1. The summed E-state index contributed by atoms with van der Waals surface area (Å²) in [6.07, 6.45) is 4.34. The van der Waals surface area contributed by atoms with Gasteiger partial charge in [0.05, 0.1) is 0 Å². The molecule has 0 aromatic heterocycles. The standard InChI is InChI=1S/C16H26N2O/c1-4-6-12-18(13-7-5-2)16(19)17-15-10-8-14(3)9-11-15/h8-11H,4-7,12-13H2,1-3H3,(H,17,19). The van der Waals surface area contributed by atoms with Gasteiger partial charge >= 0.3 is 6.03 Å². The number of rotatable bonds is 7. The Morgan fingerprint density at radius 3 is 2.05 bits per heavy atom. The van der Waals surface area contributed by atoms with Crippen LogP contribution >= 0.6 is 0 Å². The molecular weight excluding hydrogens is 236 g/mol. The molecule has 0 radical (unpaired) electrons. The average molecular weight is 262 g/mol. The van der Waals surface area contributed by atoms with Crippen LogP contribution in [-0.2, 0) is 0 Å². The van der Waals surface area contributed by atoms with Crippen LogP contribution in [0.25, 0.3) is 0 Å². The van der Waals surface area contributed by atoms with Gasteiger partial charge in [-0.2, -0.15) is 0 Å². The molecule has 0 fully saturated rings. The van der Waals surface area contributed by atoms with Crippen molar-refractivity contribution in [2.45, 2.75) is 46.5 Å². The van der Waals surface area contributed by atoms with E-state index < -0.39 is 0 Å². The van der Waals surface area contributed by atoms with Crippen molar-refractivity contribution in [1.29, 1.82) is 0 Å². The van der Waals surface area contributed by atoms with Gasteiger partial charge < -0.3 is 10.2 Å². The first-order chi connectivity index (χ1) is 9.17. The average Bonchev–Trinajstić information content (AvgIpc) is 2.41. The number of unbranched alkanes of at least 4 members (excludes halogenated alkanes) is 2. The molecule has 0 aliphatic carbocycles. The quantitative estimate of drug-likeness (QED) is 0.774. The highest BCUT2D eigenvalue weighted by Crippen LogP contribution is 2.10. The van der Waals surface area contributed by atoms with E-state index in [2.05, 4.69) is 19.2 Å². The number of urea groups is 1. The maximum absolute atomic E-state index is 12.2. The fourth-order valence-electron chi connectivity index (χ4n) is 1.85. The molecule has 106 valence electrons. The number of carbonyl (C=O) groups excluding carboxylic acids is 1. The van der Waals surface area contributed by atoms with E-state index in [0.717, 1.165) is 44.5 Å². The highest BCUT2D eigenvalue weighted by atomic mass is 16.2. The maximum atomic E-state index is 12.2. The Balaban J connectivity index is 2.56. The van der Waals surface area contributed by atoms with Crippen LogP contribution in [0.4, 0.5) is 10.5 Å². The van der Waals surface area contributed by atoms with Crippen LogP contribution in [0.5, 0.6) is 0 Å². The second-order valence-corrected chi connectivity index (χ2v) is 4.99. The smallest absolute Gasteiger partial charge is 0.321 e. The fraction of sp³-hybridized carbons (Fsp3) is 0.562. The number of hydrogen-bond donors (Lipinski definition) is 1. The first-order valence-electron chi connectivity index (χ1n) is 7.30. The summed E-state index contributed by atoms with van der Waals surface area (Å²) in [6.45, 7) is 8.02. The van der Waals surface area contributed by atoms with E-state index in [-0.39, 0.29) is 6.03 Å². The highest BCUT2D eigenvalue weighted by molar-refractivity contribution is 5.89. The highest BCUT2D eigenvalue weighted by Gasteiger charge is 2.12. The van der Waals surface area contributed by atoms with Crippen LogP contribution in [0, 0.1) is 6.92 Å². The van der Waals surface area contributed by atoms with Crippen LogP contribution in [0.3, 0.4) is 0 Å². The van der Waals surface area contributed by atoms with Crippen LogP contribution in [0.1, 0.15) is 45.1 Å². The molecule has 0 aliphatic rings. The van der Waals surface area contributed by atoms with Crippen molar-refractivity contribution in [3.8, 4) is 0 Å². The van der Waals surface area contributed by atoms with Crippen molar-refractivity contribution < 1.29 is 4.79 Å². The predicted octanol–water partition coefficient (Wildman–Crippen LogP) is 4.43. The Morgan fingerprint density at radius 2 is 1.58 bits per heavy atom. The molecule has 0 aliphatic heterocycles. The van der Waals surface area contributed by atoms with Gasteiger partial charge in [0.25, 0.3) is 0 Å². The van der Waals surface area contributed by atoms with Gasteiger partial charge in [0.1, 0.15) is 0 Å². The third kappa shape index (κ3) is 5.77. The van der Waals surface area contributed by atoms with Gasteiger partial charge in [-0.05, 0) is 31.9 Å². The fourth-order valence-corrected chi connectivity index (χ4v) is 1.85. The summed E-state index contributed by atoms with van der Waals surface area (Å²) in [5.41, 5.74) is 2.07. The van der Waals surface area contributed by atoms with Crippen molar-refractivity contribution in [3.05, 3.63) is 29.8 Å². The Kier molecular flexibility index (Phi) is 7.01. The van der Waals surface area contributed by atoms with Crippen molar-refractivity contribution in [1.82, 2.24) is 4.90 Å². The first kappa shape index (κ1) is 15.5. The minimum Gasteiger partial charge on any atom is -0.325 e. The van der Waals surface area contributed by atoms with Gasteiger partial charge in [-0.3, -0.25) is 0 Å². The lowest BCUT2D eigenvalue weighted by molar-refractivity contribution is 0.210. The number of aryl methyl sites for hydroxylation is 1. The predicted molar refractivity (Wildman–Crippen MR) is 81.6 cm³/mol. The molecule has 0 unspecified atom stereocenters. The van der Waals surface area contributed by atoms with E-state index in [9.17, 15) is 4.79 Å². The van der Waals surface area contributed by atoms with Crippen LogP contribution in [-0.4, -0.2) is 24.0 Å². The molecular formula is C16H26N2O. The molecule has 0 spiro atoms. The summed E-state index contributed by atoms with van der Waals surface area (Å²) in [5.74, 6) is 0. The normalized spacial score (nSPS) is 10.3. The molecule has 3 heteroatoms. The molecule has 0 heterocycles. The molecule has 0 bridgehead atoms. The molecule has 19 heavy (non-hydrogen) atoms. The summed E-state index contributed by atoms with van der Waals surface area (Å²) in [5, 5.41) is 2.97. The topological polar surface area (TPSA) is 32.3 Å². The lowest BCUT2D eigenvalue weighted by atomic mass is 10.2. The van der Waals surface area contributed by atoms with Gasteiger partial charge in [0.2, 0.25) is 0 Å². The first-order valence-corrected chi connectivity index (χ1v) is 7.30. The van der Waals surface area contributed by atoms with E-state index >= 15 is 0 Å². The lowest BCUT2D eigenvalue weighted by Gasteiger charge is -2.22. The van der Waals surface area contributed by atoms with Crippen LogP contribution in [0.2, 0.25) is 0 Å². The van der Waals surface area contributed by atoms with Crippen molar-refractivity contribution in [2.24, 2.45) is 0 Å². The third-order valence-electron chi connectivity index (χ3n) is 3.15. The monoisotopic (exact) mass is 262 g/mol. The number of nitrogens with zero attached hydrogens (tertiary/aromatic N) is 1. The maximum Gasteiger partial charge on any atom is 0.321 e. The van der Waals surface area contributed by atoms with E-state index in [4.69, 9.17) is 0 Å². The molecule has 2 amide bonds. The molecule has 3 nitrogen and oxygen atoms in total. The molecule has 1 aromatic rings. The molecule has 1 rings (SSSR count). The number of anilines is 1. The Labute approximate surface area is 117 Å². The molecule has 0 saturated carbocycles. The third-order valence-corrected chi connectivity index (χ3v) is 3.15. The second kappa shape index (κ2) is 8.57. The van der Waals surface area contributed by atoms with E-state index in [1.54, 1.807) is 0 Å². The van der Waals surface area contributed by atoms with E-state index in [1.807, 2.05) is 36.1 Å². The molecule has 1 N–H and O–H groups in total. The number of nitrogens with one attached hydrogen (secondary N) is 1. The Morgan fingerprint density at radius 1 is 1.05 bits per heavy atom. The van der Waals surface area contributed by atoms with Crippen LogP contribution < -0.4 is 5.32 Å². The molecule has 0 atom stereocenters. The largest absolute Gasteiger partial charge is 0.325 e. The Hall–Kier alpha value is -1.51. The SMILES string of the molecule is CCCCN(CCCC)C(=O)Nc1ccc(C)cc1. The van der Waals surface area contributed by atoms with E-state index in [0.29, 0.717) is 0 Å². The second-order valence-electron chi connectivity index (χ2n) is 4.99. The zero-order valence-electron chi connectivity index (χ0n) is 12.4. The van der Waals surface area contributed by atoms with Gasteiger partial charge in [0.15, 0.2) is 0 Å². The molecule has 0 saturated heterocycles. The summed E-state index contributed by atoms with van der Waals surface area (Å²) in [4.78, 5) is 14.1. The van der Waals surface area contributed by atoms with Crippen molar-refractivity contribution in [2.75, 3.05) is 18.4 Å². The van der Waals surface area contributed by atoms with Gasteiger partial charge in [-0.25, -0.2) is 4.79 Å². The number of hydrogen-bond acceptors (Lipinski definition) is 1. The van der Waals surface area contributed by atoms with Gasteiger partial charge in [-0.15, -0.1) is 0 Å². The Bertz CT molecular complexity index is 365. The number of benzene rings is 1. The lowest BCUT2D eigenvalue weighted by Crippen LogP contribution is -2.36. The van der Waals surface area contributed by atoms with Crippen molar-refractivity contribution in [3.63, 3.8) is 0 Å². The van der Waals surface area contributed by atoms with Gasteiger partial charge in [-0.1, -0.05) is 44.4 Å². The summed E-state index contributed by atoms with van der Waals surface area (Å²) in [7, 11) is 0. The van der Waals surface area contributed by atoms with E-state index in [1.165, 1.54) is 5.56 Å². The summed E-state index contributed by atoms with van der Waals surface area (Å²) in [6, 6.07) is 7.94. The minimum absolute atomic E-state index is 0.0192. The van der Waals surface area contributed by atoms with Crippen molar-refractivity contribution >= 4 is 11.7 Å². The zero-order chi connectivity index (χ0) is 14.1. The number of amides is 2. The summed E-state index contributed by atoms with van der Waals surface area (Å²) >= 11 is 0. The zero-order valence-corrected chi connectivity index (χ0v) is 12.4. The molecule has 1 aromatic carbocycles.